The van der Waals surface area contributed by atoms with Gasteiger partial charge in [-0.05, 0) is 44.2 Å². The van der Waals surface area contributed by atoms with E-state index in [0.717, 1.165) is 0 Å². The third-order valence-corrected chi connectivity index (χ3v) is 3.54. The molecule has 0 radical (unpaired) electrons. The van der Waals surface area contributed by atoms with Crippen molar-refractivity contribution in [3.8, 4) is 40.1 Å². The second-order valence-electron chi connectivity index (χ2n) is 5.53. The Morgan fingerprint density at radius 2 is 1.68 bits per heavy atom. The van der Waals surface area contributed by atoms with Crippen LogP contribution in [0.3, 0.4) is 0 Å². The van der Waals surface area contributed by atoms with Gasteiger partial charge in [-0.1, -0.05) is 17.3 Å². The van der Waals surface area contributed by atoms with E-state index in [1.807, 2.05) is 13.8 Å². The predicted octanol–water partition coefficient (Wildman–Crippen LogP) is 5.10. The fraction of sp³-hybridized carbons (Fsp3) is 0.263. The summed E-state index contributed by atoms with van der Waals surface area (Å²) >= 11 is 0. The zero-order valence-electron chi connectivity index (χ0n) is 15.1. The first-order valence-corrected chi connectivity index (χ1v) is 8.49. The highest BCUT2D eigenvalue weighted by Crippen LogP contribution is 2.33. The van der Waals surface area contributed by atoms with Crippen LogP contribution in [0.15, 0.2) is 47.0 Å². The number of hydrogen-bond donors (Lipinski definition) is 0. The van der Waals surface area contributed by atoms with E-state index in [0.29, 0.717) is 35.8 Å². The van der Waals surface area contributed by atoms with E-state index in [1.165, 1.54) is 18.2 Å². The molecule has 9 heteroatoms. The normalized spacial score (nSPS) is 11.3. The van der Waals surface area contributed by atoms with Crippen LogP contribution in [0.5, 0.6) is 17.2 Å². The molecule has 148 valence electrons. The maximum absolute atomic E-state index is 12.4. The third kappa shape index (κ3) is 4.73. The summed E-state index contributed by atoms with van der Waals surface area (Å²) in [5, 5.41) is 3.84. The average Bonchev–Trinajstić information content (AvgIpc) is 3.12. The summed E-state index contributed by atoms with van der Waals surface area (Å²) in [6.07, 6.45) is -4.78. The van der Waals surface area contributed by atoms with E-state index in [4.69, 9.17) is 14.0 Å². The SMILES string of the molecule is CCOc1ccc(-c2nc(-c3cccc(OC(F)(F)F)c3)no2)cc1OCC. The minimum atomic E-state index is -4.78. The first kappa shape index (κ1) is 19.5. The summed E-state index contributed by atoms with van der Waals surface area (Å²) < 4.78 is 57.4. The second-order valence-corrected chi connectivity index (χ2v) is 5.53. The van der Waals surface area contributed by atoms with Gasteiger partial charge >= 0.3 is 6.36 Å². The fourth-order valence-corrected chi connectivity index (χ4v) is 2.47. The molecule has 0 aliphatic rings. The highest BCUT2D eigenvalue weighted by atomic mass is 19.4. The molecule has 1 aromatic heterocycles. The van der Waals surface area contributed by atoms with Crippen molar-refractivity contribution in [3.05, 3.63) is 42.5 Å². The molecule has 28 heavy (non-hydrogen) atoms. The summed E-state index contributed by atoms with van der Waals surface area (Å²) in [5.74, 6) is 1.08. The van der Waals surface area contributed by atoms with Crippen LogP contribution in [-0.4, -0.2) is 29.7 Å². The molecule has 0 fully saturated rings. The van der Waals surface area contributed by atoms with E-state index in [9.17, 15) is 13.2 Å². The molecule has 0 amide bonds. The maximum Gasteiger partial charge on any atom is 0.573 e. The number of hydrogen-bond acceptors (Lipinski definition) is 6. The maximum atomic E-state index is 12.4. The Bertz CT molecular complexity index is 941. The quantitative estimate of drug-likeness (QED) is 0.555. The van der Waals surface area contributed by atoms with Gasteiger partial charge in [0.2, 0.25) is 5.82 Å². The Balaban J connectivity index is 1.88. The molecule has 0 unspecified atom stereocenters. The molecule has 0 spiro atoms. The van der Waals surface area contributed by atoms with Crippen molar-refractivity contribution in [1.82, 2.24) is 10.1 Å². The minimum absolute atomic E-state index is 0.134. The number of aromatic nitrogens is 2. The average molecular weight is 394 g/mol. The van der Waals surface area contributed by atoms with E-state index in [2.05, 4.69) is 14.9 Å². The lowest BCUT2D eigenvalue weighted by atomic mass is 10.2. The number of nitrogens with zero attached hydrogens (tertiary/aromatic N) is 2. The number of benzene rings is 2. The molecule has 0 atom stereocenters. The number of halogens is 3. The topological polar surface area (TPSA) is 66.6 Å². The van der Waals surface area contributed by atoms with Crippen LogP contribution in [-0.2, 0) is 0 Å². The van der Waals surface area contributed by atoms with E-state index < -0.39 is 6.36 Å². The first-order chi connectivity index (χ1) is 13.4. The van der Waals surface area contributed by atoms with Crippen LogP contribution >= 0.6 is 0 Å². The van der Waals surface area contributed by atoms with Crippen LogP contribution in [0.25, 0.3) is 22.8 Å². The predicted molar refractivity (Wildman–Crippen MR) is 94.2 cm³/mol. The van der Waals surface area contributed by atoms with Gasteiger partial charge in [0.05, 0.1) is 13.2 Å². The summed E-state index contributed by atoms with van der Waals surface area (Å²) in [5.41, 5.74) is 0.918. The van der Waals surface area contributed by atoms with Crippen molar-refractivity contribution in [1.29, 1.82) is 0 Å². The highest BCUT2D eigenvalue weighted by Gasteiger charge is 2.31. The molecule has 0 bridgehead atoms. The van der Waals surface area contributed by atoms with E-state index in [-0.39, 0.29) is 17.5 Å². The lowest BCUT2D eigenvalue weighted by Gasteiger charge is -2.11. The van der Waals surface area contributed by atoms with Crippen LogP contribution < -0.4 is 14.2 Å². The van der Waals surface area contributed by atoms with E-state index in [1.54, 1.807) is 24.3 Å². The number of ether oxygens (including phenoxy) is 3. The molecule has 1 heterocycles. The summed E-state index contributed by atoms with van der Waals surface area (Å²) in [7, 11) is 0. The molecule has 3 rings (SSSR count). The second kappa shape index (κ2) is 8.20. The Morgan fingerprint density at radius 3 is 2.39 bits per heavy atom. The number of alkyl halides is 3. The molecule has 0 aliphatic heterocycles. The minimum Gasteiger partial charge on any atom is -0.490 e. The van der Waals surface area contributed by atoms with E-state index >= 15 is 0 Å². The Kier molecular flexibility index (Phi) is 5.72. The van der Waals surface area contributed by atoms with Crippen molar-refractivity contribution in [2.75, 3.05) is 13.2 Å². The van der Waals surface area contributed by atoms with Gasteiger partial charge in [-0.25, -0.2) is 0 Å². The van der Waals surface area contributed by atoms with Gasteiger partial charge in [-0.2, -0.15) is 4.98 Å². The van der Waals surface area contributed by atoms with Crippen LogP contribution in [0, 0.1) is 0 Å². The molecular weight excluding hydrogens is 377 g/mol. The lowest BCUT2D eigenvalue weighted by Crippen LogP contribution is -2.17. The largest absolute Gasteiger partial charge is 0.573 e. The van der Waals surface area contributed by atoms with Crippen molar-refractivity contribution in [2.45, 2.75) is 20.2 Å². The Morgan fingerprint density at radius 1 is 0.929 bits per heavy atom. The highest BCUT2D eigenvalue weighted by molar-refractivity contribution is 5.63. The molecule has 0 saturated carbocycles. The fourth-order valence-electron chi connectivity index (χ4n) is 2.47. The zero-order valence-corrected chi connectivity index (χ0v) is 15.1. The molecule has 3 aromatic rings. The van der Waals surface area contributed by atoms with Crippen LogP contribution in [0.2, 0.25) is 0 Å². The van der Waals surface area contributed by atoms with Gasteiger partial charge in [0.15, 0.2) is 11.5 Å². The molecule has 6 nitrogen and oxygen atoms in total. The monoisotopic (exact) mass is 394 g/mol. The van der Waals surface area contributed by atoms with Gasteiger partial charge in [-0.3, -0.25) is 0 Å². The summed E-state index contributed by atoms with van der Waals surface area (Å²) in [6, 6.07) is 10.5. The van der Waals surface area contributed by atoms with Crippen LogP contribution in [0.4, 0.5) is 13.2 Å². The molecule has 0 aliphatic carbocycles. The van der Waals surface area contributed by atoms with Crippen molar-refractivity contribution >= 4 is 0 Å². The zero-order chi connectivity index (χ0) is 20.1. The first-order valence-electron chi connectivity index (χ1n) is 8.49. The van der Waals surface area contributed by atoms with Crippen molar-refractivity contribution in [2.24, 2.45) is 0 Å². The smallest absolute Gasteiger partial charge is 0.490 e. The molecule has 0 saturated heterocycles. The third-order valence-electron chi connectivity index (χ3n) is 3.54. The standard InChI is InChI=1S/C19H17F3N2O4/c1-3-25-15-9-8-13(11-16(15)26-4-2)18-23-17(24-28-18)12-6-5-7-14(10-12)27-19(20,21)22/h5-11H,3-4H2,1-2H3. The molecule has 0 N–H and O–H groups in total. The van der Waals surface area contributed by atoms with Crippen molar-refractivity contribution < 1.29 is 31.9 Å². The van der Waals surface area contributed by atoms with Crippen molar-refractivity contribution in [3.63, 3.8) is 0 Å². The Hall–Kier alpha value is -3.23. The van der Waals surface area contributed by atoms with Gasteiger partial charge in [-0.15, -0.1) is 13.2 Å². The molecule has 2 aromatic carbocycles. The summed E-state index contributed by atoms with van der Waals surface area (Å²) in [6.45, 7) is 4.65. The van der Waals surface area contributed by atoms with Crippen LogP contribution in [0.1, 0.15) is 13.8 Å². The van der Waals surface area contributed by atoms with Gasteiger partial charge < -0.3 is 18.7 Å². The van der Waals surface area contributed by atoms with Gasteiger partial charge in [0.1, 0.15) is 5.75 Å². The lowest BCUT2D eigenvalue weighted by molar-refractivity contribution is -0.274. The molecular formula is C19H17F3N2O4. The van der Waals surface area contributed by atoms with Gasteiger partial charge in [0, 0.05) is 11.1 Å². The number of rotatable bonds is 7. The van der Waals surface area contributed by atoms with Gasteiger partial charge in [0.25, 0.3) is 5.89 Å². The Labute approximate surface area is 158 Å². The summed E-state index contributed by atoms with van der Waals surface area (Å²) in [4.78, 5) is 4.25.